The van der Waals surface area contributed by atoms with Crippen LogP contribution in [0.15, 0.2) is 72.8 Å². The van der Waals surface area contributed by atoms with Gasteiger partial charge in [-0.3, -0.25) is 0 Å². The van der Waals surface area contributed by atoms with E-state index in [0.29, 0.717) is 35.4 Å². The first-order valence-corrected chi connectivity index (χ1v) is 12.6. The minimum absolute atomic E-state index is 0. The third-order valence-corrected chi connectivity index (χ3v) is 7.74. The number of benzene rings is 3. The zero-order valence-corrected chi connectivity index (χ0v) is 24.2. The smallest absolute Gasteiger partial charge is 0.545 e. The van der Waals surface area contributed by atoms with E-state index >= 15 is 0 Å². The van der Waals surface area contributed by atoms with Gasteiger partial charge >= 0.3 is 29.6 Å². The van der Waals surface area contributed by atoms with Crippen LogP contribution in [0.3, 0.4) is 0 Å². The second kappa shape index (κ2) is 11.8. The van der Waals surface area contributed by atoms with Crippen molar-refractivity contribution < 1.29 is 48.9 Å². The maximum Gasteiger partial charge on any atom is 1.00 e. The number of fused-ring (bicyclic) bond motifs is 2. The molecule has 0 spiro atoms. The van der Waals surface area contributed by atoms with Gasteiger partial charge < -0.3 is 19.4 Å². The molecule has 1 atom stereocenters. The average Bonchev–Trinajstić information content (AvgIpc) is 3.24. The molecule has 0 unspecified atom stereocenters. The Morgan fingerprint density at radius 1 is 1.03 bits per heavy atom. The fourth-order valence-corrected chi connectivity index (χ4v) is 5.75. The first-order valence-electron chi connectivity index (χ1n) is 11.8. The number of pyridine rings is 1. The van der Waals surface area contributed by atoms with Gasteiger partial charge in [0.2, 0.25) is 0 Å². The number of rotatable bonds is 8. The number of methoxy groups -OCH3 is 1. The topological polar surface area (TPSA) is 71.5 Å². The van der Waals surface area contributed by atoms with Gasteiger partial charge in [0.05, 0.1) is 34.1 Å². The summed E-state index contributed by atoms with van der Waals surface area (Å²) in [5, 5.41) is 14.0. The normalized spacial score (nSPS) is 11.9. The van der Waals surface area contributed by atoms with Crippen molar-refractivity contribution in [2.24, 2.45) is 0 Å². The zero-order chi connectivity index (χ0) is 25.2. The van der Waals surface area contributed by atoms with Crippen molar-refractivity contribution in [3.8, 4) is 16.3 Å². The molecule has 0 bridgehead atoms. The van der Waals surface area contributed by atoms with Crippen LogP contribution in [-0.2, 0) is 4.74 Å². The third-order valence-electron chi connectivity index (χ3n) is 6.45. The molecule has 3 aromatic carbocycles. The van der Waals surface area contributed by atoms with Crippen LogP contribution in [0.2, 0.25) is 0 Å². The Bertz CT molecular complexity index is 1570. The van der Waals surface area contributed by atoms with Gasteiger partial charge in [-0.2, -0.15) is 0 Å². The third kappa shape index (κ3) is 5.44. The molecule has 0 saturated heterocycles. The molecule has 0 N–H and O–H groups in total. The maximum atomic E-state index is 12.4. The van der Waals surface area contributed by atoms with Crippen molar-refractivity contribution in [2.45, 2.75) is 26.4 Å². The van der Waals surface area contributed by atoms with E-state index in [0.717, 1.165) is 31.7 Å². The fourth-order valence-electron chi connectivity index (χ4n) is 4.58. The molecule has 0 aliphatic heterocycles. The minimum Gasteiger partial charge on any atom is -0.545 e. The van der Waals surface area contributed by atoms with E-state index in [1.807, 2.05) is 68.4 Å². The zero-order valence-electron chi connectivity index (χ0n) is 21.4. The average molecular weight is 520 g/mol. The van der Waals surface area contributed by atoms with Gasteiger partial charge in [-0.1, -0.05) is 54.6 Å². The van der Waals surface area contributed by atoms with Crippen LogP contribution in [-0.4, -0.2) is 24.7 Å². The Morgan fingerprint density at radius 2 is 1.76 bits per heavy atom. The predicted octanol–water partition coefficient (Wildman–Crippen LogP) is 3.26. The number of aromatic carboxylic acids is 1. The number of carbonyl (C=O) groups excluding carboxylic acids is 1. The molecular formula is C30H26NNaO4S. The molecule has 182 valence electrons. The minimum atomic E-state index is -1.26. The SMILES string of the molecule is COCC[C@H](Oc1ccc(C)c2nc(-c3sc4ccccc4c3C)cc(C(=O)[O-])c12)c1ccccc1.[Na+]. The number of aromatic nitrogens is 1. The van der Waals surface area contributed by atoms with Crippen molar-refractivity contribution in [3.63, 3.8) is 0 Å². The Morgan fingerprint density at radius 3 is 2.46 bits per heavy atom. The summed E-state index contributed by atoms with van der Waals surface area (Å²) in [7, 11) is 1.65. The number of hydrogen-bond donors (Lipinski definition) is 0. The van der Waals surface area contributed by atoms with E-state index in [4.69, 9.17) is 14.5 Å². The number of carbonyl (C=O) groups is 1. The summed E-state index contributed by atoms with van der Waals surface area (Å²) < 4.78 is 12.9. The molecule has 0 aliphatic rings. The van der Waals surface area contributed by atoms with E-state index in [9.17, 15) is 9.90 Å². The molecular weight excluding hydrogens is 493 g/mol. The number of carboxylic acids is 1. The number of hydrogen-bond acceptors (Lipinski definition) is 6. The number of ether oxygens (including phenoxy) is 2. The largest absolute Gasteiger partial charge is 1.00 e. The predicted molar refractivity (Wildman–Crippen MR) is 143 cm³/mol. The first-order chi connectivity index (χ1) is 17.5. The van der Waals surface area contributed by atoms with Crippen LogP contribution in [0.1, 0.15) is 39.6 Å². The van der Waals surface area contributed by atoms with Gasteiger partial charge in [-0.05, 0) is 54.1 Å². The molecule has 7 heteroatoms. The van der Waals surface area contributed by atoms with Crippen molar-refractivity contribution in [3.05, 3.63) is 95.1 Å². The summed E-state index contributed by atoms with van der Waals surface area (Å²) in [6, 6.07) is 23.4. The van der Waals surface area contributed by atoms with Crippen LogP contribution >= 0.6 is 11.3 Å². The molecule has 5 nitrogen and oxygen atoms in total. The van der Waals surface area contributed by atoms with Crippen molar-refractivity contribution in [1.29, 1.82) is 0 Å². The number of carboxylic acid groups (broad SMARTS) is 1. The Labute approximate surface area is 242 Å². The van der Waals surface area contributed by atoms with Crippen molar-refractivity contribution >= 4 is 38.3 Å². The van der Waals surface area contributed by atoms with E-state index in [1.54, 1.807) is 24.5 Å². The second-order valence-electron chi connectivity index (χ2n) is 8.80. The van der Waals surface area contributed by atoms with Crippen LogP contribution in [0.25, 0.3) is 31.6 Å². The molecule has 37 heavy (non-hydrogen) atoms. The van der Waals surface area contributed by atoms with Gasteiger partial charge in [-0.15, -0.1) is 11.3 Å². The summed E-state index contributed by atoms with van der Waals surface area (Å²) >= 11 is 1.61. The fraction of sp³-hybridized carbons (Fsp3) is 0.200. The number of aryl methyl sites for hydroxylation is 2. The van der Waals surface area contributed by atoms with Crippen LogP contribution < -0.4 is 39.4 Å². The van der Waals surface area contributed by atoms with Gasteiger partial charge in [0.15, 0.2) is 0 Å². The van der Waals surface area contributed by atoms with E-state index in [2.05, 4.69) is 12.1 Å². The molecule has 0 radical (unpaired) electrons. The van der Waals surface area contributed by atoms with E-state index < -0.39 is 5.97 Å². The van der Waals surface area contributed by atoms with Gasteiger partial charge in [0, 0.05) is 23.8 Å². The molecule has 2 heterocycles. The molecule has 0 amide bonds. The Kier molecular flexibility index (Phi) is 8.67. The molecule has 5 rings (SSSR count). The summed E-state index contributed by atoms with van der Waals surface area (Å²) in [5.41, 5.74) is 4.24. The Balaban J connectivity index is 0.00000320. The van der Waals surface area contributed by atoms with Crippen molar-refractivity contribution in [1.82, 2.24) is 4.98 Å². The van der Waals surface area contributed by atoms with Crippen LogP contribution in [0.5, 0.6) is 5.75 Å². The van der Waals surface area contributed by atoms with Crippen LogP contribution in [0, 0.1) is 13.8 Å². The standard InChI is InChI=1S/C30H27NO4S.Na/c1-18-13-14-25(35-24(15-16-34-3)20-9-5-4-6-10-20)27-22(30(32)33)17-23(31-28(18)27)29-19(2)21-11-7-8-12-26(21)36-29;/h4-14,17,24H,15-16H2,1-3H3,(H,32,33);/q;+1/p-1/t24-;/m0./s1. The van der Waals surface area contributed by atoms with E-state index in [1.165, 1.54) is 0 Å². The Hall–Kier alpha value is -2.74. The quantitative estimate of drug-likeness (QED) is 0.295. The van der Waals surface area contributed by atoms with Gasteiger partial charge in [-0.25, -0.2) is 4.98 Å². The maximum absolute atomic E-state index is 12.4. The molecule has 5 aromatic rings. The summed E-state index contributed by atoms with van der Waals surface area (Å²) in [6.07, 6.45) is 0.305. The van der Waals surface area contributed by atoms with E-state index in [-0.39, 0.29) is 41.2 Å². The first kappa shape index (κ1) is 27.3. The van der Waals surface area contributed by atoms with Crippen LogP contribution in [0.4, 0.5) is 0 Å². The number of thiophene rings is 1. The second-order valence-corrected chi connectivity index (χ2v) is 9.85. The number of nitrogens with zero attached hydrogens (tertiary/aromatic N) is 1. The van der Waals surface area contributed by atoms with Gasteiger partial charge in [0.1, 0.15) is 11.9 Å². The molecule has 0 fully saturated rings. The molecule has 0 aliphatic carbocycles. The molecule has 0 saturated carbocycles. The summed E-state index contributed by atoms with van der Waals surface area (Å²) in [5.74, 6) is -0.794. The molecule has 2 aromatic heterocycles. The monoisotopic (exact) mass is 519 g/mol. The summed E-state index contributed by atoms with van der Waals surface area (Å²) in [4.78, 5) is 18.3. The van der Waals surface area contributed by atoms with Gasteiger partial charge in [0.25, 0.3) is 0 Å². The summed E-state index contributed by atoms with van der Waals surface area (Å²) in [6.45, 7) is 4.48. The van der Waals surface area contributed by atoms with Crippen molar-refractivity contribution in [2.75, 3.05) is 13.7 Å².